The number of hydrogen-bond donors (Lipinski definition) is 1. The Kier molecular flexibility index (Phi) is 4.12. The topological polar surface area (TPSA) is 59.2 Å². The summed E-state index contributed by atoms with van der Waals surface area (Å²) < 4.78 is 25.1. The molecule has 3 unspecified atom stereocenters. The van der Waals surface area contributed by atoms with Gasteiger partial charge in [-0.15, -0.1) is 0 Å². The van der Waals surface area contributed by atoms with Gasteiger partial charge in [-0.05, 0) is 48.6 Å². The third kappa shape index (κ3) is 2.89. The molecule has 1 saturated heterocycles. The van der Waals surface area contributed by atoms with Gasteiger partial charge in [-0.25, -0.2) is 4.98 Å². The highest BCUT2D eigenvalue weighted by Gasteiger charge is 2.42. The lowest BCUT2D eigenvalue weighted by atomic mass is 9.98. The fourth-order valence-corrected chi connectivity index (χ4v) is 3.95. The summed E-state index contributed by atoms with van der Waals surface area (Å²) in [6, 6.07) is 3.32. The molecule has 4 nitrogen and oxygen atoms in total. The highest BCUT2D eigenvalue weighted by molar-refractivity contribution is 7.99. The van der Waals surface area contributed by atoms with Crippen molar-refractivity contribution in [3.63, 3.8) is 0 Å². The van der Waals surface area contributed by atoms with Gasteiger partial charge in [0.25, 0.3) is 11.7 Å². The van der Waals surface area contributed by atoms with Crippen LogP contribution in [0.5, 0.6) is 0 Å². The van der Waals surface area contributed by atoms with Crippen molar-refractivity contribution in [2.75, 3.05) is 13.1 Å². The summed E-state index contributed by atoms with van der Waals surface area (Å²) in [5, 5.41) is 0.0962. The van der Waals surface area contributed by atoms with Crippen molar-refractivity contribution in [1.29, 1.82) is 0 Å². The molecule has 2 N–H and O–H groups in total. The SMILES string of the molecule is NC1CCC2CN(C(=O)c3cccnc3SC(F)F)CC12. The number of halogens is 2. The highest BCUT2D eigenvalue weighted by Crippen LogP contribution is 2.38. The number of carbonyl (C=O) groups is 1. The molecule has 1 saturated carbocycles. The van der Waals surface area contributed by atoms with Gasteiger partial charge in [-0.3, -0.25) is 4.79 Å². The van der Waals surface area contributed by atoms with E-state index < -0.39 is 5.76 Å². The van der Waals surface area contributed by atoms with Gasteiger partial charge in [0.2, 0.25) is 0 Å². The molecule has 1 aliphatic carbocycles. The second-order valence-corrected chi connectivity index (χ2v) is 6.59. The molecular weight excluding hydrogens is 296 g/mol. The second kappa shape index (κ2) is 5.88. The number of thioether (sulfide) groups is 1. The smallest absolute Gasteiger partial charge is 0.290 e. The number of nitrogens with zero attached hydrogens (tertiary/aromatic N) is 2. The predicted octanol–water partition coefficient (Wildman–Crippen LogP) is 2.21. The zero-order valence-electron chi connectivity index (χ0n) is 11.4. The maximum atomic E-state index is 12.6. The van der Waals surface area contributed by atoms with Gasteiger partial charge in [0.05, 0.1) is 5.56 Å². The van der Waals surface area contributed by atoms with Crippen molar-refractivity contribution in [3.8, 4) is 0 Å². The zero-order valence-corrected chi connectivity index (χ0v) is 12.2. The number of aromatic nitrogens is 1. The van der Waals surface area contributed by atoms with Crippen LogP contribution in [0, 0.1) is 11.8 Å². The van der Waals surface area contributed by atoms with Crippen LogP contribution in [0.2, 0.25) is 0 Å². The largest absolute Gasteiger partial charge is 0.338 e. The summed E-state index contributed by atoms with van der Waals surface area (Å²) in [7, 11) is 0. The van der Waals surface area contributed by atoms with Crippen LogP contribution in [0.15, 0.2) is 23.4 Å². The van der Waals surface area contributed by atoms with Crippen LogP contribution in [-0.2, 0) is 0 Å². The molecule has 0 spiro atoms. The number of pyridine rings is 1. The van der Waals surface area contributed by atoms with Crippen molar-refractivity contribution in [1.82, 2.24) is 9.88 Å². The van der Waals surface area contributed by atoms with Gasteiger partial charge < -0.3 is 10.6 Å². The van der Waals surface area contributed by atoms with E-state index in [-0.39, 0.29) is 22.5 Å². The number of alkyl halides is 2. The Hall–Kier alpha value is -1.21. The van der Waals surface area contributed by atoms with Crippen LogP contribution in [0.1, 0.15) is 23.2 Å². The fourth-order valence-electron chi connectivity index (χ4n) is 3.38. The van der Waals surface area contributed by atoms with Crippen molar-refractivity contribution in [2.24, 2.45) is 17.6 Å². The molecule has 1 aromatic rings. The number of amides is 1. The van der Waals surface area contributed by atoms with Crippen molar-refractivity contribution < 1.29 is 13.6 Å². The van der Waals surface area contributed by atoms with Gasteiger partial charge in [-0.2, -0.15) is 8.78 Å². The fraction of sp³-hybridized carbons (Fsp3) is 0.571. The molecule has 1 amide bonds. The molecule has 21 heavy (non-hydrogen) atoms. The number of carbonyl (C=O) groups excluding carboxylic acids is 1. The van der Waals surface area contributed by atoms with Crippen LogP contribution in [-0.4, -0.2) is 40.7 Å². The minimum atomic E-state index is -2.59. The second-order valence-electron chi connectivity index (χ2n) is 5.61. The first-order chi connectivity index (χ1) is 10.1. The molecule has 114 valence electrons. The molecule has 0 bridgehead atoms. The third-order valence-electron chi connectivity index (χ3n) is 4.40. The molecule has 0 aromatic carbocycles. The summed E-state index contributed by atoms with van der Waals surface area (Å²) in [6.45, 7) is 1.29. The molecule has 2 fully saturated rings. The molecule has 7 heteroatoms. The van der Waals surface area contributed by atoms with E-state index in [0.29, 0.717) is 36.7 Å². The van der Waals surface area contributed by atoms with Crippen molar-refractivity contribution in [2.45, 2.75) is 29.7 Å². The first kappa shape index (κ1) is 14.7. The van der Waals surface area contributed by atoms with Gasteiger partial charge in [0.1, 0.15) is 5.03 Å². The minimum absolute atomic E-state index is 0.0962. The summed E-state index contributed by atoms with van der Waals surface area (Å²) in [6.07, 6.45) is 3.48. The standard InChI is InChI=1S/C14H17F2N3OS/c15-14(16)21-12-9(2-1-5-18-12)13(20)19-6-8-3-4-11(17)10(8)7-19/h1-2,5,8,10-11,14H,3-4,6-7,17H2. The van der Waals surface area contributed by atoms with Crippen molar-refractivity contribution in [3.05, 3.63) is 23.9 Å². The van der Waals surface area contributed by atoms with Gasteiger partial charge >= 0.3 is 0 Å². The Labute approximate surface area is 126 Å². The Morgan fingerprint density at radius 2 is 2.24 bits per heavy atom. The number of likely N-dealkylation sites (tertiary alicyclic amines) is 1. The minimum Gasteiger partial charge on any atom is -0.338 e. The number of fused-ring (bicyclic) bond motifs is 1. The maximum absolute atomic E-state index is 12.6. The monoisotopic (exact) mass is 313 g/mol. The molecule has 1 aromatic heterocycles. The number of nitrogens with two attached hydrogens (primary N) is 1. The molecule has 3 atom stereocenters. The molecular formula is C14H17F2N3OS. The van der Waals surface area contributed by atoms with Gasteiger partial charge in [0.15, 0.2) is 0 Å². The Bertz CT molecular complexity index is 543. The zero-order chi connectivity index (χ0) is 15.0. The first-order valence-corrected chi connectivity index (χ1v) is 7.89. The Morgan fingerprint density at radius 1 is 1.43 bits per heavy atom. The summed E-state index contributed by atoms with van der Waals surface area (Å²) >= 11 is 0.317. The highest BCUT2D eigenvalue weighted by atomic mass is 32.2. The average molecular weight is 313 g/mol. The predicted molar refractivity (Wildman–Crippen MR) is 76.2 cm³/mol. The summed E-state index contributed by atoms with van der Waals surface area (Å²) in [5.41, 5.74) is 6.32. The lowest BCUT2D eigenvalue weighted by Crippen LogP contribution is -2.33. The van der Waals surface area contributed by atoms with E-state index in [1.165, 1.54) is 6.20 Å². The van der Waals surface area contributed by atoms with E-state index in [9.17, 15) is 13.6 Å². The van der Waals surface area contributed by atoms with E-state index in [1.54, 1.807) is 17.0 Å². The van der Waals surface area contributed by atoms with Crippen molar-refractivity contribution >= 4 is 17.7 Å². The van der Waals surface area contributed by atoms with Gasteiger partial charge in [-0.1, -0.05) is 0 Å². The van der Waals surface area contributed by atoms with E-state index in [1.807, 2.05) is 0 Å². The Balaban J connectivity index is 1.77. The Morgan fingerprint density at radius 3 is 2.95 bits per heavy atom. The average Bonchev–Trinajstić information content (AvgIpc) is 3.01. The summed E-state index contributed by atoms with van der Waals surface area (Å²) in [5.74, 6) is -2.01. The van der Waals surface area contributed by atoms with Crippen LogP contribution in [0.4, 0.5) is 8.78 Å². The van der Waals surface area contributed by atoms with Crippen LogP contribution >= 0.6 is 11.8 Å². The van der Waals surface area contributed by atoms with E-state index >= 15 is 0 Å². The lowest BCUT2D eigenvalue weighted by molar-refractivity contribution is 0.0775. The first-order valence-electron chi connectivity index (χ1n) is 7.01. The molecule has 2 aliphatic rings. The van der Waals surface area contributed by atoms with Gasteiger partial charge in [0, 0.05) is 25.3 Å². The molecule has 1 aliphatic heterocycles. The number of hydrogen-bond acceptors (Lipinski definition) is 4. The van der Waals surface area contributed by atoms with Crippen LogP contribution < -0.4 is 5.73 Å². The third-order valence-corrected chi connectivity index (χ3v) is 5.13. The molecule has 0 radical (unpaired) electrons. The molecule has 2 heterocycles. The lowest BCUT2D eigenvalue weighted by Gasteiger charge is -2.19. The quantitative estimate of drug-likeness (QED) is 0.869. The van der Waals surface area contributed by atoms with Crippen LogP contribution in [0.25, 0.3) is 0 Å². The van der Waals surface area contributed by atoms with Crippen LogP contribution in [0.3, 0.4) is 0 Å². The summed E-state index contributed by atoms with van der Waals surface area (Å²) in [4.78, 5) is 18.2. The normalized spacial score (nSPS) is 28.2. The number of rotatable bonds is 3. The van der Waals surface area contributed by atoms with E-state index in [0.717, 1.165) is 12.8 Å². The van der Waals surface area contributed by atoms with E-state index in [4.69, 9.17) is 5.73 Å². The molecule has 3 rings (SSSR count). The van der Waals surface area contributed by atoms with E-state index in [2.05, 4.69) is 4.98 Å². The maximum Gasteiger partial charge on any atom is 0.290 e.